The van der Waals surface area contributed by atoms with Gasteiger partial charge in [0.1, 0.15) is 12.2 Å². The average molecular weight is 196 g/mol. The summed E-state index contributed by atoms with van der Waals surface area (Å²) in [6.07, 6.45) is 4.43. The fraction of sp³-hybridized carbons (Fsp3) is 0.778. The molecule has 2 unspecified atom stereocenters. The largest absolute Gasteiger partial charge is 0.392 e. The second kappa shape index (κ2) is 4.06. The SMILES string of the molecule is Cn1ncnc1CNC1CCCC1O. The minimum absolute atomic E-state index is 0.191. The first-order valence-electron chi connectivity index (χ1n) is 5.01. The van der Waals surface area contributed by atoms with E-state index in [1.807, 2.05) is 7.05 Å². The standard InChI is InChI=1S/C9H16N4O/c1-13-9(11-6-12-13)5-10-7-3-2-4-8(7)14/h6-8,10,14H,2-5H2,1H3. The van der Waals surface area contributed by atoms with Gasteiger partial charge < -0.3 is 10.4 Å². The molecule has 1 aromatic heterocycles. The Morgan fingerprint density at radius 2 is 2.50 bits per heavy atom. The van der Waals surface area contributed by atoms with Crippen LogP contribution >= 0.6 is 0 Å². The number of nitrogens with zero attached hydrogens (tertiary/aromatic N) is 3. The van der Waals surface area contributed by atoms with Crippen molar-refractivity contribution in [2.75, 3.05) is 0 Å². The number of rotatable bonds is 3. The molecular formula is C9H16N4O. The van der Waals surface area contributed by atoms with Crippen LogP contribution in [0, 0.1) is 0 Å². The van der Waals surface area contributed by atoms with Crippen molar-refractivity contribution in [1.82, 2.24) is 20.1 Å². The summed E-state index contributed by atoms with van der Waals surface area (Å²) in [6, 6.07) is 0.228. The maximum absolute atomic E-state index is 9.58. The summed E-state index contributed by atoms with van der Waals surface area (Å²) in [5.74, 6) is 0.907. The minimum atomic E-state index is -0.191. The molecule has 0 aliphatic heterocycles. The Morgan fingerprint density at radius 3 is 3.07 bits per heavy atom. The number of aliphatic hydroxyl groups excluding tert-OH is 1. The Hall–Kier alpha value is -0.940. The van der Waals surface area contributed by atoms with Crippen molar-refractivity contribution in [3.05, 3.63) is 12.2 Å². The quantitative estimate of drug-likeness (QED) is 0.704. The highest BCUT2D eigenvalue weighted by molar-refractivity contribution is 4.87. The summed E-state index contributed by atoms with van der Waals surface area (Å²) in [6.45, 7) is 0.679. The second-order valence-electron chi connectivity index (χ2n) is 3.79. The van der Waals surface area contributed by atoms with Crippen LogP contribution in [0.15, 0.2) is 6.33 Å². The highest BCUT2D eigenvalue weighted by Crippen LogP contribution is 2.18. The van der Waals surface area contributed by atoms with E-state index in [1.54, 1.807) is 11.0 Å². The summed E-state index contributed by atoms with van der Waals surface area (Å²) >= 11 is 0. The summed E-state index contributed by atoms with van der Waals surface area (Å²) in [4.78, 5) is 4.11. The number of aliphatic hydroxyl groups is 1. The molecule has 1 aliphatic rings. The molecule has 2 atom stereocenters. The van der Waals surface area contributed by atoms with Gasteiger partial charge in [-0.25, -0.2) is 4.98 Å². The lowest BCUT2D eigenvalue weighted by molar-refractivity contribution is 0.148. The van der Waals surface area contributed by atoms with Crippen LogP contribution in [0.4, 0.5) is 0 Å². The summed E-state index contributed by atoms with van der Waals surface area (Å²) in [5, 5.41) is 16.9. The Morgan fingerprint density at radius 1 is 1.64 bits per heavy atom. The minimum Gasteiger partial charge on any atom is -0.392 e. The zero-order chi connectivity index (χ0) is 9.97. The van der Waals surface area contributed by atoms with Gasteiger partial charge in [0, 0.05) is 13.1 Å². The van der Waals surface area contributed by atoms with Crippen LogP contribution in [-0.4, -0.2) is 32.0 Å². The summed E-state index contributed by atoms with van der Waals surface area (Å²) in [5.41, 5.74) is 0. The second-order valence-corrected chi connectivity index (χ2v) is 3.79. The smallest absolute Gasteiger partial charge is 0.140 e. The van der Waals surface area contributed by atoms with Crippen molar-refractivity contribution in [3.8, 4) is 0 Å². The average Bonchev–Trinajstić information content (AvgIpc) is 2.72. The lowest BCUT2D eigenvalue weighted by Gasteiger charge is -2.15. The van der Waals surface area contributed by atoms with Crippen molar-refractivity contribution < 1.29 is 5.11 Å². The molecule has 0 aromatic carbocycles. The van der Waals surface area contributed by atoms with E-state index in [0.29, 0.717) is 6.54 Å². The monoisotopic (exact) mass is 196 g/mol. The van der Waals surface area contributed by atoms with Gasteiger partial charge in [-0.2, -0.15) is 5.10 Å². The van der Waals surface area contributed by atoms with E-state index >= 15 is 0 Å². The molecule has 5 nitrogen and oxygen atoms in total. The number of aromatic nitrogens is 3. The molecule has 0 saturated heterocycles. The van der Waals surface area contributed by atoms with E-state index in [2.05, 4.69) is 15.4 Å². The zero-order valence-corrected chi connectivity index (χ0v) is 8.35. The highest BCUT2D eigenvalue weighted by atomic mass is 16.3. The van der Waals surface area contributed by atoms with Gasteiger partial charge >= 0.3 is 0 Å². The van der Waals surface area contributed by atoms with Crippen molar-refractivity contribution in [2.24, 2.45) is 7.05 Å². The third-order valence-corrected chi connectivity index (χ3v) is 2.81. The molecule has 0 amide bonds. The van der Waals surface area contributed by atoms with Gasteiger partial charge in [-0.05, 0) is 19.3 Å². The van der Waals surface area contributed by atoms with Gasteiger partial charge in [-0.1, -0.05) is 0 Å². The van der Waals surface area contributed by atoms with Crippen LogP contribution in [0.5, 0.6) is 0 Å². The molecule has 1 fully saturated rings. The third kappa shape index (κ3) is 1.93. The number of aryl methyl sites for hydroxylation is 1. The predicted molar refractivity (Wildman–Crippen MR) is 51.5 cm³/mol. The maximum Gasteiger partial charge on any atom is 0.140 e. The van der Waals surface area contributed by atoms with Gasteiger partial charge in [-0.3, -0.25) is 4.68 Å². The van der Waals surface area contributed by atoms with E-state index in [9.17, 15) is 5.11 Å². The molecule has 1 aromatic rings. The fourth-order valence-electron chi connectivity index (χ4n) is 1.88. The molecule has 2 rings (SSSR count). The molecule has 0 radical (unpaired) electrons. The van der Waals surface area contributed by atoms with Crippen LogP contribution in [0.1, 0.15) is 25.1 Å². The number of hydrogen-bond acceptors (Lipinski definition) is 4. The van der Waals surface area contributed by atoms with Crippen LogP contribution in [0.2, 0.25) is 0 Å². The van der Waals surface area contributed by atoms with E-state index < -0.39 is 0 Å². The number of nitrogens with one attached hydrogen (secondary N) is 1. The zero-order valence-electron chi connectivity index (χ0n) is 8.35. The Kier molecular flexibility index (Phi) is 2.79. The molecule has 14 heavy (non-hydrogen) atoms. The van der Waals surface area contributed by atoms with Crippen molar-refractivity contribution >= 4 is 0 Å². The van der Waals surface area contributed by atoms with E-state index in [-0.39, 0.29) is 12.1 Å². The van der Waals surface area contributed by atoms with Gasteiger partial charge in [0.25, 0.3) is 0 Å². The first-order valence-corrected chi connectivity index (χ1v) is 5.01. The topological polar surface area (TPSA) is 63.0 Å². The molecule has 1 aliphatic carbocycles. The maximum atomic E-state index is 9.58. The fourth-order valence-corrected chi connectivity index (χ4v) is 1.88. The summed E-state index contributed by atoms with van der Waals surface area (Å²) in [7, 11) is 1.87. The Labute approximate surface area is 83.2 Å². The summed E-state index contributed by atoms with van der Waals surface area (Å²) < 4.78 is 1.74. The van der Waals surface area contributed by atoms with Gasteiger partial charge in [0.15, 0.2) is 0 Å². The highest BCUT2D eigenvalue weighted by Gasteiger charge is 2.24. The molecule has 1 heterocycles. The Balaban J connectivity index is 1.85. The molecule has 0 spiro atoms. The molecule has 2 N–H and O–H groups in total. The number of hydrogen-bond donors (Lipinski definition) is 2. The molecule has 1 saturated carbocycles. The van der Waals surface area contributed by atoms with Crippen LogP contribution < -0.4 is 5.32 Å². The molecule has 5 heteroatoms. The van der Waals surface area contributed by atoms with E-state index in [1.165, 1.54) is 0 Å². The molecule has 78 valence electrons. The first-order chi connectivity index (χ1) is 6.77. The predicted octanol–water partition coefficient (Wildman–Crippen LogP) is -0.182. The van der Waals surface area contributed by atoms with Gasteiger partial charge in [0.2, 0.25) is 0 Å². The van der Waals surface area contributed by atoms with Crippen molar-refractivity contribution in [1.29, 1.82) is 0 Å². The Bertz CT molecular complexity index is 299. The van der Waals surface area contributed by atoms with Crippen LogP contribution in [0.25, 0.3) is 0 Å². The van der Waals surface area contributed by atoms with Crippen molar-refractivity contribution in [3.63, 3.8) is 0 Å². The third-order valence-electron chi connectivity index (χ3n) is 2.81. The van der Waals surface area contributed by atoms with E-state index in [0.717, 1.165) is 25.1 Å². The normalized spacial score (nSPS) is 27.0. The molecular weight excluding hydrogens is 180 g/mol. The lowest BCUT2D eigenvalue weighted by Crippen LogP contribution is -2.35. The van der Waals surface area contributed by atoms with Gasteiger partial charge in [0.05, 0.1) is 12.6 Å². The van der Waals surface area contributed by atoms with E-state index in [4.69, 9.17) is 0 Å². The molecule has 0 bridgehead atoms. The van der Waals surface area contributed by atoms with Crippen molar-refractivity contribution in [2.45, 2.75) is 38.0 Å². The van der Waals surface area contributed by atoms with Crippen LogP contribution in [0.3, 0.4) is 0 Å². The van der Waals surface area contributed by atoms with Gasteiger partial charge in [-0.15, -0.1) is 0 Å². The first kappa shape index (κ1) is 9.61. The van der Waals surface area contributed by atoms with Crippen LogP contribution in [-0.2, 0) is 13.6 Å². The lowest BCUT2D eigenvalue weighted by atomic mass is 10.2.